The molecule has 3 heteroatoms. The van der Waals surface area contributed by atoms with E-state index in [0.29, 0.717) is 5.89 Å². The van der Waals surface area contributed by atoms with Crippen molar-refractivity contribution >= 4 is 21.9 Å². The number of rotatable bonds is 1. The van der Waals surface area contributed by atoms with Crippen LogP contribution in [0.5, 0.6) is 5.75 Å². The van der Waals surface area contributed by atoms with Gasteiger partial charge in [-0.1, -0.05) is 18.2 Å². The van der Waals surface area contributed by atoms with Crippen molar-refractivity contribution in [2.24, 2.45) is 0 Å². The largest absolute Gasteiger partial charge is 0.496 e. The summed E-state index contributed by atoms with van der Waals surface area (Å²) in [5, 5.41) is 2.08. The first kappa shape index (κ1) is 11.3. The summed E-state index contributed by atoms with van der Waals surface area (Å²) < 4.78 is 11.4. The van der Waals surface area contributed by atoms with E-state index in [1.165, 1.54) is 5.56 Å². The monoisotopic (exact) mass is 263 g/mol. The summed E-state index contributed by atoms with van der Waals surface area (Å²) in [5.74, 6) is 1.48. The second-order valence-corrected chi connectivity index (χ2v) is 4.97. The van der Waals surface area contributed by atoms with E-state index in [9.17, 15) is 0 Å². The van der Waals surface area contributed by atoms with E-state index in [4.69, 9.17) is 9.15 Å². The Bertz CT molecular complexity index is 908. The number of aromatic nitrogens is 1. The average Bonchev–Trinajstić information content (AvgIpc) is 2.82. The highest BCUT2D eigenvalue weighted by Crippen LogP contribution is 2.39. The quantitative estimate of drug-likeness (QED) is 0.510. The molecular formula is C17H13NO2. The van der Waals surface area contributed by atoms with Crippen LogP contribution in [0.15, 0.2) is 46.9 Å². The van der Waals surface area contributed by atoms with Crippen molar-refractivity contribution in [3.05, 3.63) is 48.0 Å². The molecular weight excluding hydrogens is 250 g/mol. The van der Waals surface area contributed by atoms with E-state index in [-0.39, 0.29) is 0 Å². The second-order valence-electron chi connectivity index (χ2n) is 4.97. The Hall–Kier alpha value is -2.55. The van der Waals surface area contributed by atoms with Gasteiger partial charge in [-0.05, 0) is 36.8 Å². The number of methoxy groups -OCH3 is 1. The van der Waals surface area contributed by atoms with Crippen LogP contribution in [0.25, 0.3) is 33.3 Å². The first-order valence-electron chi connectivity index (χ1n) is 6.53. The lowest BCUT2D eigenvalue weighted by Gasteiger charge is -2.05. The molecule has 2 aliphatic rings. The summed E-state index contributed by atoms with van der Waals surface area (Å²) in [6.07, 6.45) is 0. The van der Waals surface area contributed by atoms with Crippen molar-refractivity contribution in [3.8, 4) is 17.2 Å². The van der Waals surface area contributed by atoms with E-state index in [0.717, 1.165) is 33.2 Å². The molecule has 2 aromatic carbocycles. The van der Waals surface area contributed by atoms with Gasteiger partial charge in [0.2, 0.25) is 5.89 Å². The smallest absolute Gasteiger partial charge is 0.227 e. The van der Waals surface area contributed by atoms with Crippen LogP contribution in [0.2, 0.25) is 0 Å². The summed E-state index contributed by atoms with van der Waals surface area (Å²) in [6.45, 7) is 2.05. The standard InChI is InChI=1S/C17H13NO2/c1-10-6-7-11-9-12-16-13(4-3-5-14(16)19-2)18-17(12)20-15(11)8-10/h3-9H,1-2H3. The number of benzene rings is 2. The van der Waals surface area contributed by atoms with Crippen molar-refractivity contribution in [2.45, 2.75) is 6.92 Å². The molecule has 0 radical (unpaired) electrons. The van der Waals surface area contributed by atoms with E-state index in [2.05, 4.69) is 30.1 Å². The molecule has 0 fully saturated rings. The van der Waals surface area contributed by atoms with Gasteiger partial charge in [0.25, 0.3) is 0 Å². The molecule has 0 aromatic heterocycles. The maximum Gasteiger partial charge on any atom is 0.227 e. The lowest BCUT2D eigenvalue weighted by molar-refractivity contribution is 0.420. The van der Waals surface area contributed by atoms with Crippen LogP contribution in [0.4, 0.5) is 0 Å². The highest BCUT2D eigenvalue weighted by Gasteiger charge is 2.18. The van der Waals surface area contributed by atoms with Crippen molar-refractivity contribution in [1.82, 2.24) is 4.98 Å². The van der Waals surface area contributed by atoms with Crippen LogP contribution in [0.3, 0.4) is 0 Å². The minimum Gasteiger partial charge on any atom is -0.496 e. The van der Waals surface area contributed by atoms with Gasteiger partial charge < -0.3 is 9.15 Å². The van der Waals surface area contributed by atoms with Gasteiger partial charge in [0, 0.05) is 5.39 Å². The minimum absolute atomic E-state index is 0.655. The molecule has 98 valence electrons. The summed E-state index contributed by atoms with van der Waals surface area (Å²) in [4.78, 5) is 4.56. The lowest BCUT2D eigenvalue weighted by Crippen LogP contribution is -1.84. The zero-order chi connectivity index (χ0) is 13.7. The number of ether oxygens (including phenoxy) is 1. The number of hydrogen-bond donors (Lipinski definition) is 0. The minimum atomic E-state index is 0.655. The normalized spacial score (nSPS) is 11.5. The van der Waals surface area contributed by atoms with Crippen molar-refractivity contribution in [2.75, 3.05) is 7.11 Å². The Labute approximate surface area is 116 Å². The fraction of sp³-hybridized carbons (Fsp3) is 0.118. The van der Waals surface area contributed by atoms with E-state index in [1.54, 1.807) is 7.11 Å². The molecule has 0 amide bonds. The number of hydrogen-bond acceptors (Lipinski definition) is 3. The molecule has 0 saturated heterocycles. The Morgan fingerprint density at radius 2 is 2.00 bits per heavy atom. The molecule has 0 bridgehead atoms. The molecule has 0 unspecified atom stereocenters. The molecule has 0 N–H and O–H groups in total. The number of fused-ring (bicyclic) bond motifs is 4. The van der Waals surface area contributed by atoms with Gasteiger partial charge >= 0.3 is 0 Å². The lowest BCUT2D eigenvalue weighted by atomic mass is 10.1. The fourth-order valence-corrected chi connectivity index (χ4v) is 2.65. The number of nitrogens with zero attached hydrogens (tertiary/aromatic N) is 1. The predicted octanol–water partition coefficient (Wildman–Crippen LogP) is 4.40. The van der Waals surface area contributed by atoms with Gasteiger partial charge in [-0.3, -0.25) is 0 Å². The molecule has 4 rings (SSSR count). The van der Waals surface area contributed by atoms with Gasteiger partial charge in [-0.2, -0.15) is 0 Å². The van der Waals surface area contributed by atoms with E-state index >= 15 is 0 Å². The third-order valence-electron chi connectivity index (χ3n) is 3.62. The van der Waals surface area contributed by atoms with Crippen LogP contribution < -0.4 is 4.74 Å². The third-order valence-corrected chi connectivity index (χ3v) is 3.62. The molecule has 0 aliphatic carbocycles. The highest BCUT2D eigenvalue weighted by atomic mass is 16.5. The summed E-state index contributed by atoms with van der Waals surface area (Å²) in [5.41, 5.74) is 3.93. The SMILES string of the molecule is COc1cccc2nc3oc4cc(C)ccc4cc-3c12. The van der Waals surface area contributed by atoms with Crippen molar-refractivity contribution < 1.29 is 9.15 Å². The van der Waals surface area contributed by atoms with E-state index in [1.807, 2.05) is 24.3 Å². The Kier molecular flexibility index (Phi) is 2.24. The van der Waals surface area contributed by atoms with Crippen molar-refractivity contribution in [3.63, 3.8) is 0 Å². The molecule has 2 aliphatic heterocycles. The Morgan fingerprint density at radius 3 is 2.85 bits per heavy atom. The van der Waals surface area contributed by atoms with Gasteiger partial charge in [-0.15, -0.1) is 0 Å². The summed E-state index contributed by atoms with van der Waals surface area (Å²) in [7, 11) is 1.68. The van der Waals surface area contributed by atoms with Crippen molar-refractivity contribution in [1.29, 1.82) is 0 Å². The predicted molar refractivity (Wildman–Crippen MR) is 79.4 cm³/mol. The zero-order valence-electron chi connectivity index (χ0n) is 11.3. The maximum absolute atomic E-state index is 5.94. The number of aryl methyl sites for hydroxylation is 1. The van der Waals surface area contributed by atoms with E-state index < -0.39 is 0 Å². The Morgan fingerprint density at radius 1 is 1.10 bits per heavy atom. The molecule has 0 spiro atoms. The first-order valence-corrected chi connectivity index (χ1v) is 6.53. The highest BCUT2D eigenvalue weighted by molar-refractivity contribution is 6.02. The third kappa shape index (κ3) is 1.50. The molecule has 0 saturated carbocycles. The van der Waals surface area contributed by atoms with Gasteiger partial charge in [0.15, 0.2) is 0 Å². The average molecular weight is 263 g/mol. The topological polar surface area (TPSA) is 35.3 Å². The zero-order valence-corrected chi connectivity index (χ0v) is 11.3. The van der Waals surface area contributed by atoms with Crippen LogP contribution in [0.1, 0.15) is 5.56 Å². The first-order chi connectivity index (χ1) is 9.76. The van der Waals surface area contributed by atoms with Crippen LogP contribution in [-0.4, -0.2) is 12.1 Å². The fourth-order valence-electron chi connectivity index (χ4n) is 2.65. The van der Waals surface area contributed by atoms with Crippen LogP contribution in [-0.2, 0) is 0 Å². The summed E-state index contributed by atoms with van der Waals surface area (Å²) in [6, 6.07) is 14.2. The molecule has 3 nitrogen and oxygen atoms in total. The second kappa shape index (κ2) is 3.97. The molecule has 2 aromatic rings. The van der Waals surface area contributed by atoms with Crippen LogP contribution >= 0.6 is 0 Å². The van der Waals surface area contributed by atoms with Crippen LogP contribution in [0, 0.1) is 6.92 Å². The summed E-state index contributed by atoms with van der Waals surface area (Å²) >= 11 is 0. The molecule has 2 heterocycles. The maximum atomic E-state index is 5.94. The van der Waals surface area contributed by atoms with Gasteiger partial charge in [0.1, 0.15) is 11.3 Å². The molecule has 20 heavy (non-hydrogen) atoms. The Balaban J connectivity index is 2.17. The van der Waals surface area contributed by atoms with Gasteiger partial charge in [-0.25, -0.2) is 4.98 Å². The molecule has 0 atom stereocenters. The van der Waals surface area contributed by atoms with Gasteiger partial charge in [0.05, 0.1) is 23.6 Å².